The van der Waals surface area contributed by atoms with E-state index in [9.17, 15) is 15.2 Å². The van der Waals surface area contributed by atoms with Crippen molar-refractivity contribution in [2.75, 3.05) is 4.90 Å². The quantitative estimate of drug-likeness (QED) is 0.385. The van der Waals surface area contributed by atoms with Crippen LogP contribution in [-0.2, 0) is 0 Å². The predicted molar refractivity (Wildman–Crippen MR) is 82.0 cm³/mol. The largest absolute Gasteiger partial charge is 0.411 e. The summed E-state index contributed by atoms with van der Waals surface area (Å²) in [5, 5.41) is 32.7. The fourth-order valence-corrected chi connectivity index (χ4v) is 3.94. The molecule has 1 aromatic rings. The summed E-state index contributed by atoms with van der Waals surface area (Å²) >= 11 is 6.13. The van der Waals surface area contributed by atoms with Gasteiger partial charge in [-0.05, 0) is 31.7 Å². The van der Waals surface area contributed by atoms with Crippen molar-refractivity contribution in [3.63, 3.8) is 0 Å². The topological polar surface area (TPSA) is 99.2 Å². The van der Waals surface area contributed by atoms with Gasteiger partial charge in [0.2, 0.25) is 0 Å². The maximum Gasteiger partial charge on any atom is 0.288 e. The third kappa shape index (κ3) is 2.40. The smallest absolute Gasteiger partial charge is 0.288 e. The monoisotopic (exact) mass is 325 g/mol. The van der Waals surface area contributed by atoms with Crippen molar-refractivity contribution in [3.8, 4) is 0 Å². The molecule has 2 fully saturated rings. The van der Waals surface area contributed by atoms with E-state index >= 15 is 0 Å². The Morgan fingerprint density at radius 3 is 2.55 bits per heavy atom. The molecule has 0 amide bonds. The Hall–Kier alpha value is -1.86. The van der Waals surface area contributed by atoms with Gasteiger partial charge in [-0.1, -0.05) is 16.8 Å². The first kappa shape index (κ1) is 15.1. The van der Waals surface area contributed by atoms with Crippen LogP contribution in [0, 0.1) is 10.1 Å². The van der Waals surface area contributed by atoms with Gasteiger partial charge in [-0.2, -0.15) is 0 Å². The lowest BCUT2D eigenvalue weighted by atomic mass is 9.97. The minimum atomic E-state index is -0.560. The Balaban J connectivity index is 2.08. The summed E-state index contributed by atoms with van der Waals surface area (Å²) in [6.45, 7) is 0. The summed E-state index contributed by atoms with van der Waals surface area (Å²) in [5.41, 5.74) is 0.837. The number of rotatable bonds is 3. The third-order valence-electron chi connectivity index (χ3n) is 4.51. The Kier molecular flexibility index (Phi) is 3.92. The maximum absolute atomic E-state index is 11.0. The molecular weight excluding hydrogens is 310 g/mol. The van der Waals surface area contributed by atoms with E-state index in [1.807, 2.05) is 0 Å². The van der Waals surface area contributed by atoms with Crippen LogP contribution in [0.4, 0.5) is 11.4 Å². The summed E-state index contributed by atoms with van der Waals surface area (Å²) in [6.07, 6.45) is 4.09. The zero-order valence-corrected chi connectivity index (χ0v) is 12.5. The molecule has 2 aliphatic rings. The number of nitro benzene ring substituents is 1. The van der Waals surface area contributed by atoms with Gasteiger partial charge in [-0.25, -0.2) is 0 Å². The van der Waals surface area contributed by atoms with Crippen molar-refractivity contribution >= 4 is 29.2 Å². The highest BCUT2D eigenvalue weighted by atomic mass is 35.5. The van der Waals surface area contributed by atoms with E-state index in [1.165, 1.54) is 6.07 Å². The molecule has 0 saturated carbocycles. The molecule has 0 unspecified atom stereocenters. The number of halogens is 1. The van der Waals surface area contributed by atoms with Crippen LogP contribution in [0.15, 0.2) is 17.3 Å². The van der Waals surface area contributed by atoms with Crippen molar-refractivity contribution in [2.45, 2.75) is 43.9 Å². The van der Waals surface area contributed by atoms with Crippen LogP contribution in [0.5, 0.6) is 0 Å². The van der Waals surface area contributed by atoms with Gasteiger partial charge in [0.05, 0.1) is 17.2 Å². The lowest BCUT2D eigenvalue weighted by molar-refractivity contribution is -0.384. The molecule has 2 bridgehead atoms. The Morgan fingerprint density at radius 1 is 1.36 bits per heavy atom. The molecule has 2 aliphatic heterocycles. The number of piperidine rings is 1. The van der Waals surface area contributed by atoms with E-state index in [-0.39, 0.29) is 28.9 Å². The second kappa shape index (κ2) is 5.73. The van der Waals surface area contributed by atoms with Gasteiger partial charge >= 0.3 is 0 Å². The SMILES string of the molecule is O=[N+]([O-])c1ccc(N2[C@@H]3CC[C@H]2C[C@@H](O)C3)c(/C=N/O)c1Cl. The lowest BCUT2D eigenvalue weighted by Crippen LogP contribution is -2.45. The molecule has 3 rings (SSSR count). The number of aliphatic hydroxyl groups is 1. The number of nitro groups is 1. The normalized spacial score (nSPS) is 27.5. The van der Waals surface area contributed by atoms with E-state index in [4.69, 9.17) is 16.8 Å². The second-order valence-electron chi connectivity index (χ2n) is 5.75. The van der Waals surface area contributed by atoms with Gasteiger partial charge in [0.1, 0.15) is 5.02 Å². The van der Waals surface area contributed by atoms with Gasteiger partial charge in [-0.15, -0.1) is 0 Å². The minimum Gasteiger partial charge on any atom is -0.411 e. The van der Waals surface area contributed by atoms with Crippen molar-refractivity contribution in [2.24, 2.45) is 5.16 Å². The van der Waals surface area contributed by atoms with Crippen LogP contribution in [0.25, 0.3) is 0 Å². The van der Waals surface area contributed by atoms with Gasteiger partial charge in [0.25, 0.3) is 5.69 Å². The number of fused-ring (bicyclic) bond motifs is 2. The van der Waals surface area contributed by atoms with E-state index in [1.54, 1.807) is 6.07 Å². The first-order chi connectivity index (χ1) is 10.5. The van der Waals surface area contributed by atoms with E-state index in [2.05, 4.69) is 10.1 Å². The zero-order valence-electron chi connectivity index (χ0n) is 11.7. The first-order valence-electron chi connectivity index (χ1n) is 7.13. The molecule has 3 atom stereocenters. The molecule has 0 aromatic heterocycles. The fourth-order valence-electron chi connectivity index (χ4n) is 3.66. The van der Waals surface area contributed by atoms with Gasteiger partial charge in [-0.3, -0.25) is 10.1 Å². The molecule has 0 spiro atoms. The highest BCUT2D eigenvalue weighted by Crippen LogP contribution is 2.43. The van der Waals surface area contributed by atoms with Gasteiger partial charge in [0, 0.05) is 29.4 Å². The Bertz CT molecular complexity index is 623. The molecule has 0 aliphatic carbocycles. The molecule has 118 valence electrons. The number of nitrogens with zero attached hydrogens (tertiary/aromatic N) is 3. The third-order valence-corrected chi connectivity index (χ3v) is 4.90. The molecule has 7 nitrogen and oxygen atoms in total. The molecule has 2 N–H and O–H groups in total. The molecule has 8 heteroatoms. The number of hydrogen-bond acceptors (Lipinski definition) is 6. The van der Waals surface area contributed by atoms with E-state index in [0.717, 1.165) is 19.1 Å². The Morgan fingerprint density at radius 2 is 2.00 bits per heavy atom. The number of aliphatic hydroxyl groups excluding tert-OH is 1. The summed E-state index contributed by atoms with van der Waals surface area (Å²) in [7, 11) is 0. The van der Waals surface area contributed by atoms with E-state index < -0.39 is 4.92 Å². The van der Waals surface area contributed by atoms with Crippen LogP contribution in [-0.4, -0.2) is 39.6 Å². The fraction of sp³-hybridized carbons (Fsp3) is 0.500. The standard InChI is InChI=1S/C14H16ClN3O4/c15-14-11(7-16-20)12(3-4-13(14)18(21)22)17-8-1-2-9(17)6-10(19)5-8/h3-4,7-10,19-20H,1-2,5-6H2/b16-7+/t8-,9+,10+. The van der Waals surface area contributed by atoms with Crippen LogP contribution < -0.4 is 4.90 Å². The van der Waals surface area contributed by atoms with E-state index in [0.29, 0.717) is 24.1 Å². The number of oxime groups is 1. The average molecular weight is 326 g/mol. The molecular formula is C14H16ClN3O4. The molecule has 1 aromatic carbocycles. The van der Waals surface area contributed by atoms with Crippen LogP contribution in [0.1, 0.15) is 31.2 Å². The van der Waals surface area contributed by atoms with Crippen molar-refractivity contribution in [1.82, 2.24) is 0 Å². The minimum absolute atomic E-state index is 0.0363. The molecule has 2 saturated heterocycles. The highest BCUT2D eigenvalue weighted by Gasteiger charge is 2.41. The second-order valence-corrected chi connectivity index (χ2v) is 6.13. The predicted octanol–water partition coefficient (Wildman–Crippen LogP) is 2.55. The lowest BCUT2D eigenvalue weighted by Gasteiger charge is -2.39. The summed E-state index contributed by atoms with van der Waals surface area (Å²) in [4.78, 5) is 12.6. The summed E-state index contributed by atoms with van der Waals surface area (Å²) in [6, 6.07) is 3.37. The zero-order chi connectivity index (χ0) is 15.9. The average Bonchev–Trinajstić information content (AvgIpc) is 2.72. The summed E-state index contributed by atoms with van der Waals surface area (Å²) < 4.78 is 0. The highest BCUT2D eigenvalue weighted by molar-refractivity contribution is 6.35. The summed E-state index contributed by atoms with van der Waals surface area (Å²) in [5.74, 6) is 0. The van der Waals surface area contributed by atoms with Crippen LogP contribution in [0.2, 0.25) is 5.02 Å². The first-order valence-corrected chi connectivity index (χ1v) is 7.51. The molecule has 22 heavy (non-hydrogen) atoms. The van der Waals surface area contributed by atoms with Crippen molar-refractivity contribution < 1.29 is 15.2 Å². The van der Waals surface area contributed by atoms with Crippen LogP contribution >= 0.6 is 11.6 Å². The molecule has 2 heterocycles. The van der Waals surface area contributed by atoms with Crippen molar-refractivity contribution in [1.29, 1.82) is 0 Å². The maximum atomic E-state index is 11.0. The number of anilines is 1. The number of hydrogen-bond donors (Lipinski definition) is 2. The Labute approximate surface area is 131 Å². The van der Waals surface area contributed by atoms with Crippen molar-refractivity contribution in [3.05, 3.63) is 32.8 Å². The number of benzene rings is 1. The van der Waals surface area contributed by atoms with Gasteiger partial charge in [0.15, 0.2) is 0 Å². The molecule has 0 radical (unpaired) electrons. The van der Waals surface area contributed by atoms with Gasteiger partial charge < -0.3 is 15.2 Å². The van der Waals surface area contributed by atoms with Crippen LogP contribution in [0.3, 0.4) is 0 Å².